The van der Waals surface area contributed by atoms with E-state index < -0.39 is 0 Å². The van der Waals surface area contributed by atoms with E-state index in [1.165, 1.54) is 12.2 Å². The number of aromatic nitrogens is 3. The molecule has 1 unspecified atom stereocenters. The number of hydroxylamine groups is 2. The van der Waals surface area contributed by atoms with Crippen LogP contribution in [-0.2, 0) is 16.1 Å². The molecule has 90 valence electrons. The number of aryl methyl sites for hydroxylation is 1. The zero-order valence-electron chi connectivity index (χ0n) is 10.2. The monoisotopic (exact) mass is 226 g/mol. The topological polar surface area (TPSA) is 60.2 Å². The summed E-state index contributed by atoms with van der Waals surface area (Å²) in [5.74, 6) is -0.0763. The maximum atomic E-state index is 11.6. The van der Waals surface area contributed by atoms with Crippen LogP contribution in [0.2, 0.25) is 0 Å². The standard InChI is InChI=1S/C10H18N4O2/c1-5-9-7-11-12-14(9)8(2)6-10(15)13(3)16-4/h7-8H,5-6H2,1-4H3. The molecule has 0 fully saturated rings. The highest BCUT2D eigenvalue weighted by atomic mass is 16.7. The molecule has 1 aromatic rings. The number of carbonyl (C=O) groups is 1. The summed E-state index contributed by atoms with van der Waals surface area (Å²) < 4.78 is 1.78. The third-order valence-corrected chi connectivity index (χ3v) is 2.52. The lowest BCUT2D eigenvalue weighted by Gasteiger charge is -2.18. The number of amides is 1. The average Bonchev–Trinajstić information content (AvgIpc) is 2.75. The highest BCUT2D eigenvalue weighted by Crippen LogP contribution is 2.13. The fourth-order valence-electron chi connectivity index (χ4n) is 1.46. The summed E-state index contributed by atoms with van der Waals surface area (Å²) in [4.78, 5) is 16.4. The average molecular weight is 226 g/mol. The Labute approximate surface area is 95.1 Å². The molecule has 1 aromatic heterocycles. The molecule has 0 saturated heterocycles. The predicted octanol–water partition coefficient (Wildman–Crippen LogP) is 0.811. The summed E-state index contributed by atoms with van der Waals surface area (Å²) in [6, 6.07) is -0.0115. The van der Waals surface area contributed by atoms with E-state index in [1.807, 2.05) is 13.8 Å². The minimum absolute atomic E-state index is 0.0115. The van der Waals surface area contributed by atoms with E-state index in [9.17, 15) is 4.79 Å². The lowest BCUT2D eigenvalue weighted by molar-refractivity contribution is -0.169. The van der Waals surface area contributed by atoms with Crippen molar-refractivity contribution in [1.82, 2.24) is 20.1 Å². The lowest BCUT2D eigenvalue weighted by Crippen LogP contribution is -2.28. The van der Waals surface area contributed by atoms with Crippen molar-refractivity contribution in [2.45, 2.75) is 32.7 Å². The van der Waals surface area contributed by atoms with Gasteiger partial charge in [-0.3, -0.25) is 9.63 Å². The molecule has 0 bridgehead atoms. The SMILES string of the molecule is CCc1cnnn1C(C)CC(=O)N(C)OC. The van der Waals surface area contributed by atoms with E-state index in [-0.39, 0.29) is 11.9 Å². The highest BCUT2D eigenvalue weighted by Gasteiger charge is 2.17. The number of carbonyl (C=O) groups excluding carboxylic acids is 1. The molecule has 16 heavy (non-hydrogen) atoms. The molecule has 1 rings (SSSR count). The molecule has 6 nitrogen and oxygen atoms in total. The van der Waals surface area contributed by atoms with Gasteiger partial charge in [-0.2, -0.15) is 0 Å². The van der Waals surface area contributed by atoms with Gasteiger partial charge in [0.1, 0.15) is 0 Å². The van der Waals surface area contributed by atoms with Crippen LogP contribution in [0.25, 0.3) is 0 Å². The van der Waals surface area contributed by atoms with Crippen molar-refractivity contribution >= 4 is 5.91 Å². The maximum Gasteiger partial charge on any atom is 0.247 e. The zero-order chi connectivity index (χ0) is 12.1. The van der Waals surface area contributed by atoms with E-state index >= 15 is 0 Å². The highest BCUT2D eigenvalue weighted by molar-refractivity contribution is 5.75. The summed E-state index contributed by atoms with van der Waals surface area (Å²) in [5.41, 5.74) is 1.03. The van der Waals surface area contributed by atoms with Gasteiger partial charge in [-0.05, 0) is 13.3 Å². The molecule has 1 heterocycles. The maximum absolute atomic E-state index is 11.6. The van der Waals surface area contributed by atoms with Crippen LogP contribution < -0.4 is 0 Å². The second-order valence-electron chi connectivity index (χ2n) is 3.65. The van der Waals surface area contributed by atoms with Crippen molar-refractivity contribution < 1.29 is 9.63 Å². The molecular weight excluding hydrogens is 208 g/mol. The third kappa shape index (κ3) is 2.79. The second-order valence-corrected chi connectivity index (χ2v) is 3.65. The van der Waals surface area contributed by atoms with Gasteiger partial charge in [0.05, 0.1) is 31.5 Å². The molecule has 0 aromatic carbocycles. The van der Waals surface area contributed by atoms with Gasteiger partial charge in [0, 0.05) is 7.05 Å². The molecule has 1 amide bonds. The van der Waals surface area contributed by atoms with Crippen molar-refractivity contribution in [3.05, 3.63) is 11.9 Å². The van der Waals surface area contributed by atoms with Gasteiger partial charge < -0.3 is 0 Å². The quantitative estimate of drug-likeness (QED) is 0.697. The molecule has 1 atom stereocenters. The smallest absolute Gasteiger partial charge is 0.247 e. The van der Waals surface area contributed by atoms with Crippen LogP contribution in [0.5, 0.6) is 0 Å². The second kappa shape index (κ2) is 5.60. The van der Waals surface area contributed by atoms with Gasteiger partial charge in [-0.15, -0.1) is 5.10 Å². The van der Waals surface area contributed by atoms with Gasteiger partial charge in [0.15, 0.2) is 0 Å². The van der Waals surface area contributed by atoms with Crippen LogP contribution in [0.3, 0.4) is 0 Å². The Kier molecular flexibility index (Phi) is 4.42. The van der Waals surface area contributed by atoms with E-state index in [2.05, 4.69) is 10.3 Å². The predicted molar refractivity (Wildman–Crippen MR) is 58.5 cm³/mol. The van der Waals surface area contributed by atoms with Crippen LogP contribution in [0.4, 0.5) is 0 Å². The van der Waals surface area contributed by atoms with Crippen molar-refractivity contribution in [2.75, 3.05) is 14.2 Å². The van der Waals surface area contributed by atoms with Crippen molar-refractivity contribution in [2.24, 2.45) is 0 Å². The van der Waals surface area contributed by atoms with Crippen molar-refractivity contribution in [1.29, 1.82) is 0 Å². The summed E-state index contributed by atoms with van der Waals surface area (Å²) in [5, 5.41) is 9.04. The Bertz CT molecular complexity index is 350. The van der Waals surface area contributed by atoms with Gasteiger partial charge in [-0.25, -0.2) is 9.75 Å². The zero-order valence-corrected chi connectivity index (χ0v) is 10.2. The van der Waals surface area contributed by atoms with Crippen molar-refractivity contribution in [3.8, 4) is 0 Å². The number of nitrogens with zero attached hydrogens (tertiary/aromatic N) is 4. The van der Waals surface area contributed by atoms with E-state index in [0.717, 1.165) is 12.1 Å². The summed E-state index contributed by atoms with van der Waals surface area (Å²) >= 11 is 0. The van der Waals surface area contributed by atoms with Crippen LogP contribution in [0.15, 0.2) is 6.20 Å². The van der Waals surface area contributed by atoms with E-state index in [4.69, 9.17) is 4.84 Å². The first-order valence-corrected chi connectivity index (χ1v) is 5.29. The molecule has 0 aliphatic heterocycles. The largest absolute Gasteiger partial charge is 0.275 e. The van der Waals surface area contributed by atoms with E-state index in [0.29, 0.717) is 6.42 Å². The first-order valence-electron chi connectivity index (χ1n) is 5.29. The van der Waals surface area contributed by atoms with Gasteiger partial charge in [0.2, 0.25) is 5.91 Å². The van der Waals surface area contributed by atoms with Gasteiger partial charge in [-0.1, -0.05) is 12.1 Å². The molecule has 0 aliphatic rings. The van der Waals surface area contributed by atoms with Crippen LogP contribution in [0, 0.1) is 0 Å². The minimum Gasteiger partial charge on any atom is -0.275 e. The normalized spacial score (nSPS) is 12.5. The van der Waals surface area contributed by atoms with Gasteiger partial charge in [0.25, 0.3) is 0 Å². The third-order valence-electron chi connectivity index (χ3n) is 2.52. The molecule has 6 heteroatoms. The Balaban J connectivity index is 2.65. The molecule has 0 saturated carbocycles. The van der Waals surface area contributed by atoms with Crippen LogP contribution in [0.1, 0.15) is 32.0 Å². The lowest BCUT2D eigenvalue weighted by atomic mass is 10.2. The Morgan fingerprint density at radius 1 is 1.69 bits per heavy atom. The number of hydrogen-bond acceptors (Lipinski definition) is 4. The molecule has 0 spiro atoms. The summed E-state index contributed by atoms with van der Waals surface area (Å²) in [7, 11) is 3.06. The Hall–Kier alpha value is -1.43. The van der Waals surface area contributed by atoms with Crippen LogP contribution >= 0.6 is 0 Å². The first kappa shape index (κ1) is 12.6. The Morgan fingerprint density at radius 2 is 2.38 bits per heavy atom. The molecule has 0 radical (unpaired) electrons. The minimum atomic E-state index is -0.0763. The molecule has 0 N–H and O–H groups in total. The molecule has 0 aliphatic carbocycles. The van der Waals surface area contributed by atoms with Crippen molar-refractivity contribution in [3.63, 3.8) is 0 Å². The fourth-order valence-corrected chi connectivity index (χ4v) is 1.46. The molecular formula is C10H18N4O2. The first-order chi connectivity index (χ1) is 7.60. The van der Waals surface area contributed by atoms with E-state index in [1.54, 1.807) is 17.9 Å². The Morgan fingerprint density at radius 3 is 2.94 bits per heavy atom. The number of hydrogen-bond donors (Lipinski definition) is 0. The van der Waals surface area contributed by atoms with Crippen LogP contribution in [-0.4, -0.2) is 40.1 Å². The summed E-state index contributed by atoms with van der Waals surface area (Å²) in [6.45, 7) is 3.97. The fraction of sp³-hybridized carbons (Fsp3) is 0.700. The van der Waals surface area contributed by atoms with Gasteiger partial charge >= 0.3 is 0 Å². The number of rotatable bonds is 5. The summed E-state index contributed by atoms with van der Waals surface area (Å²) in [6.07, 6.45) is 2.92.